The molecule has 30 heavy (non-hydrogen) atoms. The summed E-state index contributed by atoms with van der Waals surface area (Å²) in [6.45, 7) is 10.2. The van der Waals surface area contributed by atoms with Gasteiger partial charge in [0.2, 0.25) is 0 Å². The molecule has 2 aromatic carbocycles. The maximum absolute atomic E-state index is 12.9. The van der Waals surface area contributed by atoms with Crippen LogP contribution in [0, 0.1) is 0 Å². The Hall–Kier alpha value is -2.40. The molecule has 0 N–H and O–H groups in total. The fraction of sp³-hybridized carbons (Fsp3) is 0.440. The van der Waals surface area contributed by atoms with Gasteiger partial charge in [-0.3, -0.25) is 4.79 Å². The van der Waals surface area contributed by atoms with E-state index in [1.54, 1.807) is 23.5 Å². The van der Waals surface area contributed by atoms with Crippen molar-refractivity contribution in [2.45, 2.75) is 65.8 Å². The number of benzene rings is 2. The molecule has 1 heterocycles. The number of hydrogen-bond acceptors (Lipinski definition) is 3. The van der Waals surface area contributed by atoms with Crippen LogP contribution < -0.4 is 9.54 Å². The molecule has 0 atom stereocenters. The van der Waals surface area contributed by atoms with E-state index in [9.17, 15) is 4.79 Å². The number of ether oxygens (including phenoxy) is 1. The molecular formula is C25H32N2O2S. The van der Waals surface area contributed by atoms with Gasteiger partial charge in [0.25, 0.3) is 5.91 Å². The third-order valence-electron chi connectivity index (χ3n) is 5.12. The van der Waals surface area contributed by atoms with Crippen molar-refractivity contribution in [1.29, 1.82) is 0 Å². The predicted octanol–water partition coefficient (Wildman–Crippen LogP) is 6.55. The van der Waals surface area contributed by atoms with E-state index in [1.165, 1.54) is 10.3 Å². The number of aryl methyl sites for hydroxylation is 1. The van der Waals surface area contributed by atoms with E-state index in [4.69, 9.17) is 4.74 Å². The highest BCUT2D eigenvalue weighted by molar-refractivity contribution is 7.16. The average Bonchev–Trinajstić information content (AvgIpc) is 3.08. The molecule has 0 aliphatic carbocycles. The average molecular weight is 425 g/mol. The number of thiazole rings is 1. The van der Waals surface area contributed by atoms with Crippen LogP contribution in [0.25, 0.3) is 10.2 Å². The van der Waals surface area contributed by atoms with Crippen LogP contribution in [0.5, 0.6) is 5.75 Å². The van der Waals surface area contributed by atoms with Crippen molar-refractivity contribution in [3.05, 3.63) is 58.4 Å². The van der Waals surface area contributed by atoms with Gasteiger partial charge in [0, 0.05) is 12.1 Å². The summed E-state index contributed by atoms with van der Waals surface area (Å²) < 4.78 is 9.13. The van der Waals surface area contributed by atoms with Crippen molar-refractivity contribution in [3.8, 4) is 5.75 Å². The number of hydrogen-bond donors (Lipinski definition) is 0. The first-order chi connectivity index (χ1) is 14.5. The fourth-order valence-corrected chi connectivity index (χ4v) is 4.49. The maximum Gasteiger partial charge on any atom is 0.279 e. The molecule has 0 unspecified atom stereocenters. The molecule has 0 aliphatic rings. The van der Waals surface area contributed by atoms with E-state index >= 15 is 0 Å². The van der Waals surface area contributed by atoms with Crippen LogP contribution in [0.1, 0.15) is 75.2 Å². The molecule has 0 saturated heterocycles. The molecule has 160 valence electrons. The third kappa shape index (κ3) is 5.39. The molecule has 3 rings (SSSR count). The van der Waals surface area contributed by atoms with Gasteiger partial charge < -0.3 is 9.30 Å². The summed E-state index contributed by atoms with van der Waals surface area (Å²) >= 11 is 1.59. The van der Waals surface area contributed by atoms with E-state index in [1.807, 2.05) is 12.1 Å². The second kappa shape index (κ2) is 10.6. The highest BCUT2D eigenvalue weighted by Gasteiger charge is 2.11. The van der Waals surface area contributed by atoms with Gasteiger partial charge >= 0.3 is 0 Å². The van der Waals surface area contributed by atoms with Crippen molar-refractivity contribution < 1.29 is 9.53 Å². The van der Waals surface area contributed by atoms with Gasteiger partial charge in [0.15, 0.2) is 4.80 Å². The number of nitrogens with zero attached hydrogens (tertiary/aromatic N) is 2. The number of amides is 1. The number of unbranched alkanes of at least 4 members (excludes halogenated alkanes) is 2. The highest BCUT2D eigenvalue weighted by Crippen LogP contribution is 2.24. The first-order valence-electron chi connectivity index (χ1n) is 11.0. The lowest BCUT2D eigenvalue weighted by molar-refractivity contribution is 0.0997. The molecule has 4 nitrogen and oxygen atoms in total. The minimum absolute atomic E-state index is 0.227. The number of fused-ring (bicyclic) bond motifs is 1. The Bertz CT molecular complexity index is 1060. The molecule has 1 amide bonds. The SMILES string of the molecule is CCCCCOc1cccc(C(=O)N=c2sc3cc(C(C)C)ccc3n2CCC)c1. The minimum atomic E-state index is -0.227. The Morgan fingerprint density at radius 3 is 2.67 bits per heavy atom. The van der Waals surface area contributed by atoms with E-state index in [2.05, 4.69) is 55.5 Å². The van der Waals surface area contributed by atoms with E-state index < -0.39 is 0 Å². The normalized spacial score (nSPS) is 12.1. The molecule has 0 fully saturated rings. The highest BCUT2D eigenvalue weighted by atomic mass is 32.1. The standard InChI is InChI=1S/C25H32N2O2S/c1-5-7-8-15-29-21-11-9-10-20(16-21)24(28)26-25-27(14-6-2)22-13-12-19(18(3)4)17-23(22)30-25/h9-13,16-18H,5-8,14-15H2,1-4H3. The molecule has 0 bridgehead atoms. The second-order valence-electron chi connectivity index (χ2n) is 7.92. The molecule has 0 saturated carbocycles. The summed E-state index contributed by atoms with van der Waals surface area (Å²) in [6, 6.07) is 13.9. The molecule has 3 aromatic rings. The third-order valence-corrected chi connectivity index (χ3v) is 6.16. The van der Waals surface area contributed by atoms with Gasteiger partial charge in [0.1, 0.15) is 5.75 Å². The van der Waals surface area contributed by atoms with Crippen LogP contribution in [0.15, 0.2) is 47.5 Å². The maximum atomic E-state index is 12.9. The zero-order chi connectivity index (χ0) is 21.5. The van der Waals surface area contributed by atoms with Crippen molar-refractivity contribution in [1.82, 2.24) is 4.57 Å². The van der Waals surface area contributed by atoms with Crippen molar-refractivity contribution in [2.24, 2.45) is 4.99 Å². The fourth-order valence-electron chi connectivity index (χ4n) is 3.39. The van der Waals surface area contributed by atoms with E-state index in [0.29, 0.717) is 18.1 Å². The van der Waals surface area contributed by atoms with Gasteiger partial charge in [-0.05, 0) is 54.7 Å². The number of rotatable bonds is 9. The lowest BCUT2D eigenvalue weighted by Gasteiger charge is -2.07. The Morgan fingerprint density at radius 2 is 1.93 bits per heavy atom. The van der Waals surface area contributed by atoms with Crippen molar-refractivity contribution in [3.63, 3.8) is 0 Å². The number of carbonyl (C=O) groups excluding carboxylic acids is 1. The first-order valence-corrected chi connectivity index (χ1v) is 11.8. The quantitative estimate of drug-likeness (QED) is 0.366. The summed E-state index contributed by atoms with van der Waals surface area (Å²) in [5.41, 5.74) is 3.01. The van der Waals surface area contributed by atoms with Crippen LogP contribution in [0.3, 0.4) is 0 Å². The zero-order valence-corrected chi connectivity index (χ0v) is 19.3. The molecule has 0 aliphatic heterocycles. The monoisotopic (exact) mass is 424 g/mol. The van der Waals surface area contributed by atoms with Gasteiger partial charge in [-0.1, -0.05) is 64.0 Å². The van der Waals surface area contributed by atoms with E-state index in [-0.39, 0.29) is 5.91 Å². The molecule has 1 aromatic heterocycles. The summed E-state index contributed by atoms with van der Waals surface area (Å²) in [7, 11) is 0. The van der Waals surface area contributed by atoms with Crippen LogP contribution in [-0.4, -0.2) is 17.1 Å². The van der Waals surface area contributed by atoms with Crippen LogP contribution >= 0.6 is 11.3 Å². The van der Waals surface area contributed by atoms with Gasteiger partial charge in [-0.15, -0.1) is 0 Å². The van der Waals surface area contributed by atoms with E-state index in [0.717, 1.165) is 48.3 Å². The van der Waals surface area contributed by atoms with Crippen molar-refractivity contribution >= 4 is 27.5 Å². The lowest BCUT2D eigenvalue weighted by Crippen LogP contribution is -2.16. The molecular weight excluding hydrogens is 392 g/mol. The first kappa shape index (κ1) is 22.3. The smallest absolute Gasteiger partial charge is 0.279 e. The number of carbonyl (C=O) groups is 1. The topological polar surface area (TPSA) is 43.6 Å². The van der Waals surface area contributed by atoms with Crippen molar-refractivity contribution in [2.75, 3.05) is 6.61 Å². The lowest BCUT2D eigenvalue weighted by atomic mass is 10.0. The summed E-state index contributed by atoms with van der Waals surface area (Å²) in [5, 5.41) is 0. The van der Waals surface area contributed by atoms with Gasteiger partial charge in [-0.2, -0.15) is 4.99 Å². The second-order valence-corrected chi connectivity index (χ2v) is 8.93. The summed E-state index contributed by atoms with van der Waals surface area (Å²) in [5.74, 6) is 0.971. The molecule has 0 spiro atoms. The summed E-state index contributed by atoms with van der Waals surface area (Å²) in [4.78, 5) is 18.2. The van der Waals surface area contributed by atoms with Gasteiger partial charge in [0.05, 0.1) is 16.8 Å². The van der Waals surface area contributed by atoms with Crippen LogP contribution in [-0.2, 0) is 6.54 Å². The number of aromatic nitrogens is 1. The Morgan fingerprint density at radius 1 is 1.10 bits per heavy atom. The largest absolute Gasteiger partial charge is 0.494 e. The molecule has 5 heteroatoms. The minimum Gasteiger partial charge on any atom is -0.494 e. The summed E-state index contributed by atoms with van der Waals surface area (Å²) in [6.07, 6.45) is 4.32. The van der Waals surface area contributed by atoms with Crippen LogP contribution in [0.4, 0.5) is 0 Å². The Kier molecular flexibility index (Phi) is 7.86. The predicted molar refractivity (Wildman–Crippen MR) is 126 cm³/mol. The Balaban J connectivity index is 1.91. The molecule has 0 radical (unpaired) electrons. The van der Waals surface area contributed by atoms with Crippen LogP contribution in [0.2, 0.25) is 0 Å². The Labute approximate surface area is 183 Å². The van der Waals surface area contributed by atoms with Gasteiger partial charge in [-0.25, -0.2) is 0 Å². The zero-order valence-electron chi connectivity index (χ0n) is 18.5.